The molecule has 0 bridgehead atoms. The molecule has 0 aliphatic carbocycles. The lowest BCUT2D eigenvalue weighted by Gasteiger charge is -2.22. The molecule has 25 heavy (non-hydrogen) atoms. The van der Waals surface area contributed by atoms with Gasteiger partial charge in [0.1, 0.15) is 12.4 Å². The molecule has 0 aromatic heterocycles. The van der Waals surface area contributed by atoms with Crippen molar-refractivity contribution in [1.29, 1.82) is 0 Å². The zero-order valence-corrected chi connectivity index (χ0v) is 15.0. The van der Waals surface area contributed by atoms with Crippen LogP contribution in [0.4, 0.5) is 10.1 Å². The predicted molar refractivity (Wildman–Crippen MR) is 96.5 cm³/mol. The van der Waals surface area contributed by atoms with Gasteiger partial charge in [0.2, 0.25) is 15.9 Å². The molecule has 2 aromatic carbocycles. The fourth-order valence-electron chi connectivity index (χ4n) is 2.41. The number of amides is 1. The SMILES string of the molecule is Cc1cccc(N(CC(=O)NCCc2ccccc2F)S(C)(=O)=O)c1. The summed E-state index contributed by atoms with van der Waals surface area (Å²) >= 11 is 0. The molecular weight excluding hydrogens is 343 g/mol. The minimum atomic E-state index is -3.60. The average molecular weight is 364 g/mol. The van der Waals surface area contributed by atoms with Gasteiger partial charge in [-0.25, -0.2) is 12.8 Å². The van der Waals surface area contributed by atoms with Crippen molar-refractivity contribution in [2.75, 3.05) is 23.7 Å². The van der Waals surface area contributed by atoms with Gasteiger partial charge < -0.3 is 5.32 Å². The van der Waals surface area contributed by atoms with E-state index in [9.17, 15) is 17.6 Å². The van der Waals surface area contributed by atoms with E-state index in [-0.39, 0.29) is 18.9 Å². The zero-order chi connectivity index (χ0) is 18.4. The van der Waals surface area contributed by atoms with Crippen molar-refractivity contribution in [1.82, 2.24) is 5.32 Å². The summed E-state index contributed by atoms with van der Waals surface area (Å²) in [6.07, 6.45) is 1.39. The lowest BCUT2D eigenvalue weighted by Crippen LogP contribution is -2.41. The molecule has 0 fully saturated rings. The Balaban J connectivity index is 1.99. The van der Waals surface area contributed by atoms with Crippen molar-refractivity contribution in [3.63, 3.8) is 0 Å². The van der Waals surface area contributed by atoms with Gasteiger partial charge in [0.15, 0.2) is 0 Å². The lowest BCUT2D eigenvalue weighted by atomic mass is 10.1. The van der Waals surface area contributed by atoms with Crippen molar-refractivity contribution in [3.8, 4) is 0 Å². The number of halogens is 1. The molecule has 134 valence electrons. The number of nitrogens with zero attached hydrogens (tertiary/aromatic N) is 1. The van der Waals surface area contributed by atoms with Gasteiger partial charge in [0, 0.05) is 6.54 Å². The topological polar surface area (TPSA) is 66.5 Å². The van der Waals surface area contributed by atoms with Gasteiger partial charge in [0.05, 0.1) is 11.9 Å². The number of nitrogens with one attached hydrogen (secondary N) is 1. The van der Waals surface area contributed by atoms with Gasteiger partial charge in [0.25, 0.3) is 0 Å². The molecule has 7 heteroatoms. The molecule has 0 aliphatic rings. The Morgan fingerprint density at radius 2 is 1.88 bits per heavy atom. The van der Waals surface area contributed by atoms with E-state index >= 15 is 0 Å². The Bertz CT molecular complexity index is 853. The van der Waals surface area contributed by atoms with Crippen LogP contribution < -0.4 is 9.62 Å². The Kier molecular flexibility index (Phi) is 6.14. The Morgan fingerprint density at radius 1 is 1.16 bits per heavy atom. The molecule has 0 saturated carbocycles. The summed E-state index contributed by atoms with van der Waals surface area (Å²) in [5.41, 5.74) is 1.83. The first-order chi connectivity index (χ1) is 11.8. The van der Waals surface area contributed by atoms with E-state index in [1.807, 2.05) is 13.0 Å². The highest BCUT2D eigenvalue weighted by atomic mass is 32.2. The molecule has 0 heterocycles. The van der Waals surface area contributed by atoms with Crippen LogP contribution in [0.15, 0.2) is 48.5 Å². The number of hydrogen-bond donors (Lipinski definition) is 1. The third-order valence-corrected chi connectivity index (χ3v) is 4.79. The summed E-state index contributed by atoms with van der Waals surface area (Å²) < 4.78 is 38.6. The minimum absolute atomic E-state index is 0.227. The van der Waals surface area contributed by atoms with Gasteiger partial charge in [-0.2, -0.15) is 0 Å². The Morgan fingerprint density at radius 3 is 2.52 bits per heavy atom. The van der Waals surface area contributed by atoms with Crippen LogP contribution in [0.25, 0.3) is 0 Å². The summed E-state index contributed by atoms with van der Waals surface area (Å²) in [6, 6.07) is 13.3. The van der Waals surface area contributed by atoms with Crippen LogP contribution in [0.2, 0.25) is 0 Å². The summed E-state index contributed by atoms with van der Waals surface area (Å²) in [5.74, 6) is -0.766. The smallest absolute Gasteiger partial charge is 0.240 e. The maximum Gasteiger partial charge on any atom is 0.240 e. The second-order valence-electron chi connectivity index (χ2n) is 5.80. The molecule has 1 N–H and O–H groups in total. The third-order valence-electron chi connectivity index (χ3n) is 3.65. The first-order valence-electron chi connectivity index (χ1n) is 7.82. The molecule has 0 atom stereocenters. The molecule has 0 unspecified atom stereocenters. The molecule has 1 amide bonds. The monoisotopic (exact) mass is 364 g/mol. The molecule has 0 radical (unpaired) electrons. The summed E-state index contributed by atoms with van der Waals surface area (Å²) in [5, 5.41) is 2.63. The molecule has 2 rings (SSSR count). The lowest BCUT2D eigenvalue weighted by molar-refractivity contribution is -0.119. The molecule has 0 saturated heterocycles. The number of sulfonamides is 1. The van der Waals surface area contributed by atoms with E-state index in [1.165, 1.54) is 6.07 Å². The van der Waals surface area contributed by atoms with Crippen molar-refractivity contribution in [2.45, 2.75) is 13.3 Å². The molecular formula is C18H21FN2O3S. The zero-order valence-electron chi connectivity index (χ0n) is 14.2. The van der Waals surface area contributed by atoms with Crippen molar-refractivity contribution in [2.24, 2.45) is 0 Å². The number of carbonyl (C=O) groups is 1. The fraction of sp³-hybridized carbons (Fsp3) is 0.278. The van der Waals surface area contributed by atoms with E-state index in [0.29, 0.717) is 17.7 Å². The predicted octanol–water partition coefficient (Wildman–Crippen LogP) is 2.26. The second-order valence-corrected chi connectivity index (χ2v) is 7.71. The maximum atomic E-state index is 13.5. The van der Waals surface area contributed by atoms with Crippen molar-refractivity contribution < 1.29 is 17.6 Å². The second kappa shape index (κ2) is 8.11. The van der Waals surface area contributed by atoms with E-state index in [1.54, 1.807) is 36.4 Å². The highest BCUT2D eigenvalue weighted by Crippen LogP contribution is 2.18. The average Bonchev–Trinajstić information content (AvgIpc) is 2.53. The van der Waals surface area contributed by atoms with Crippen LogP contribution in [0.3, 0.4) is 0 Å². The van der Waals surface area contributed by atoms with E-state index in [0.717, 1.165) is 16.1 Å². The van der Waals surface area contributed by atoms with E-state index < -0.39 is 15.9 Å². The highest BCUT2D eigenvalue weighted by molar-refractivity contribution is 7.92. The summed E-state index contributed by atoms with van der Waals surface area (Å²) in [4.78, 5) is 12.1. The quantitative estimate of drug-likeness (QED) is 0.819. The molecule has 2 aromatic rings. The van der Waals surface area contributed by atoms with Crippen LogP contribution in [0.5, 0.6) is 0 Å². The summed E-state index contributed by atoms with van der Waals surface area (Å²) in [6.45, 7) is 1.75. The van der Waals surface area contributed by atoms with Gasteiger partial charge in [-0.3, -0.25) is 9.10 Å². The first kappa shape index (κ1) is 18.9. The number of rotatable bonds is 7. The molecule has 0 aliphatic heterocycles. The largest absolute Gasteiger partial charge is 0.354 e. The first-order valence-corrected chi connectivity index (χ1v) is 9.66. The van der Waals surface area contributed by atoms with E-state index in [2.05, 4.69) is 5.32 Å². The minimum Gasteiger partial charge on any atom is -0.354 e. The van der Waals surface area contributed by atoms with Crippen molar-refractivity contribution in [3.05, 3.63) is 65.5 Å². The Hall–Kier alpha value is -2.41. The maximum absolute atomic E-state index is 13.5. The number of aryl methyl sites for hydroxylation is 1. The fourth-order valence-corrected chi connectivity index (χ4v) is 3.26. The van der Waals surface area contributed by atoms with Gasteiger partial charge >= 0.3 is 0 Å². The van der Waals surface area contributed by atoms with Gasteiger partial charge in [-0.1, -0.05) is 30.3 Å². The number of anilines is 1. The highest BCUT2D eigenvalue weighted by Gasteiger charge is 2.20. The van der Waals surface area contributed by atoms with Crippen LogP contribution in [0.1, 0.15) is 11.1 Å². The summed E-state index contributed by atoms with van der Waals surface area (Å²) in [7, 11) is -3.60. The Labute approximate surface area is 147 Å². The van der Waals surface area contributed by atoms with Crippen molar-refractivity contribution >= 4 is 21.6 Å². The third kappa shape index (κ3) is 5.56. The normalized spacial score (nSPS) is 11.2. The van der Waals surface area contributed by atoms with Crippen LogP contribution in [-0.2, 0) is 21.2 Å². The van der Waals surface area contributed by atoms with Crippen LogP contribution in [-0.4, -0.2) is 33.7 Å². The van der Waals surface area contributed by atoms with Gasteiger partial charge in [-0.15, -0.1) is 0 Å². The standard InChI is InChI=1S/C18H21FN2O3S/c1-14-6-5-8-16(12-14)21(25(2,23)24)13-18(22)20-11-10-15-7-3-4-9-17(15)19/h3-9,12H,10-11,13H2,1-2H3,(H,20,22). The number of benzene rings is 2. The molecule has 0 spiro atoms. The van der Waals surface area contributed by atoms with Gasteiger partial charge in [-0.05, 0) is 42.7 Å². The number of carbonyl (C=O) groups excluding carboxylic acids is 1. The van der Waals surface area contributed by atoms with Crippen LogP contribution in [0, 0.1) is 12.7 Å². The number of hydrogen-bond acceptors (Lipinski definition) is 3. The van der Waals surface area contributed by atoms with E-state index in [4.69, 9.17) is 0 Å². The molecule has 5 nitrogen and oxygen atoms in total. The van der Waals surface area contributed by atoms with Crippen LogP contribution >= 0.6 is 0 Å².